The molecule has 0 aliphatic rings. The Morgan fingerprint density at radius 1 is 1.33 bits per heavy atom. The second-order valence-corrected chi connectivity index (χ2v) is 5.84. The third-order valence-electron chi connectivity index (χ3n) is 3.29. The molecular formula is C17H20N2O2. The summed E-state index contributed by atoms with van der Waals surface area (Å²) < 4.78 is 6.91. The van der Waals surface area contributed by atoms with E-state index in [0.717, 1.165) is 16.9 Å². The van der Waals surface area contributed by atoms with Gasteiger partial charge in [-0.15, -0.1) is 0 Å². The Bertz CT molecular complexity index is 724. The van der Waals surface area contributed by atoms with Crippen molar-refractivity contribution in [3.63, 3.8) is 0 Å². The Balaban J connectivity index is 2.79. The number of ether oxygens (including phenoxy) is 1. The Morgan fingerprint density at radius 3 is 2.57 bits per heavy atom. The average Bonchev–Trinajstić information content (AvgIpc) is 2.45. The molecule has 0 N–H and O–H groups in total. The Labute approximate surface area is 124 Å². The summed E-state index contributed by atoms with van der Waals surface area (Å²) in [5, 5.41) is 4.13. The van der Waals surface area contributed by atoms with Crippen molar-refractivity contribution in [2.24, 2.45) is 0 Å². The standard InChI is InChI=1S/C17H20N2O2/c1-6-12-10-13(19-15(20)8-7-9-18-19)11-14(16(12)21-5)17(2,3)4/h6-11H,1H2,2-5H3. The molecule has 0 unspecified atom stereocenters. The van der Waals surface area contributed by atoms with Crippen LogP contribution in [0.1, 0.15) is 31.9 Å². The van der Waals surface area contributed by atoms with Crippen molar-refractivity contribution in [2.75, 3.05) is 7.11 Å². The van der Waals surface area contributed by atoms with E-state index in [1.807, 2.05) is 12.1 Å². The number of aromatic nitrogens is 2. The normalized spacial score (nSPS) is 11.2. The van der Waals surface area contributed by atoms with E-state index in [1.54, 1.807) is 25.4 Å². The number of hydrogen-bond donors (Lipinski definition) is 0. The maximum atomic E-state index is 12.0. The SMILES string of the molecule is C=Cc1cc(-n2ncccc2=O)cc(C(C)(C)C)c1OC. The lowest BCUT2D eigenvalue weighted by molar-refractivity contribution is 0.396. The van der Waals surface area contributed by atoms with Gasteiger partial charge >= 0.3 is 0 Å². The lowest BCUT2D eigenvalue weighted by Gasteiger charge is -2.24. The fourth-order valence-corrected chi connectivity index (χ4v) is 2.25. The van der Waals surface area contributed by atoms with Gasteiger partial charge in [0.25, 0.3) is 5.56 Å². The number of nitrogens with zero attached hydrogens (tertiary/aromatic N) is 2. The van der Waals surface area contributed by atoms with Crippen LogP contribution in [0.2, 0.25) is 0 Å². The fourth-order valence-electron chi connectivity index (χ4n) is 2.25. The molecule has 2 aromatic rings. The largest absolute Gasteiger partial charge is 0.496 e. The zero-order chi connectivity index (χ0) is 15.6. The molecule has 0 bridgehead atoms. The third kappa shape index (κ3) is 2.89. The van der Waals surface area contributed by atoms with Gasteiger partial charge in [0.15, 0.2) is 0 Å². The molecule has 0 fully saturated rings. The number of benzene rings is 1. The van der Waals surface area contributed by atoms with Crippen molar-refractivity contribution < 1.29 is 4.74 Å². The van der Waals surface area contributed by atoms with Gasteiger partial charge in [0.2, 0.25) is 0 Å². The highest BCUT2D eigenvalue weighted by molar-refractivity contribution is 5.64. The van der Waals surface area contributed by atoms with E-state index in [1.165, 1.54) is 10.7 Å². The minimum atomic E-state index is -0.169. The smallest absolute Gasteiger partial charge is 0.271 e. The summed E-state index contributed by atoms with van der Waals surface area (Å²) in [4.78, 5) is 12.0. The van der Waals surface area contributed by atoms with E-state index in [2.05, 4.69) is 32.4 Å². The zero-order valence-corrected chi connectivity index (χ0v) is 12.9. The Hall–Kier alpha value is -2.36. The first kappa shape index (κ1) is 15.0. The minimum absolute atomic E-state index is 0.127. The summed E-state index contributed by atoms with van der Waals surface area (Å²) in [7, 11) is 1.64. The highest BCUT2D eigenvalue weighted by Crippen LogP contribution is 2.36. The van der Waals surface area contributed by atoms with Crippen LogP contribution in [-0.4, -0.2) is 16.9 Å². The summed E-state index contributed by atoms with van der Waals surface area (Å²) in [5.41, 5.74) is 2.27. The molecule has 1 aromatic heterocycles. The summed E-state index contributed by atoms with van der Waals surface area (Å²) in [5.74, 6) is 0.783. The molecular weight excluding hydrogens is 264 g/mol. The first-order chi connectivity index (χ1) is 9.88. The molecule has 110 valence electrons. The molecule has 0 atom stereocenters. The Morgan fingerprint density at radius 2 is 2.05 bits per heavy atom. The Kier molecular flexibility index (Phi) is 3.98. The van der Waals surface area contributed by atoms with Gasteiger partial charge in [0, 0.05) is 23.4 Å². The number of hydrogen-bond acceptors (Lipinski definition) is 3. The van der Waals surface area contributed by atoms with Gasteiger partial charge in [-0.2, -0.15) is 9.78 Å². The van der Waals surface area contributed by atoms with Crippen LogP contribution >= 0.6 is 0 Å². The van der Waals surface area contributed by atoms with Crippen molar-refractivity contribution in [2.45, 2.75) is 26.2 Å². The van der Waals surface area contributed by atoms with E-state index in [4.69, 9.17) is 4.74 Å². The first-order valence-electron chi connectivity index (χ1n) is 6.78. The van der Waals surface area contributed by atoms with Crippen LogP contribution in [-0.2, 0) is 5.41 Å². The fraction of sp³-hybridized carbons (Fsp3) is 0.294. The van der Waals surface area contributed by atoms with Crippen molar-refractivity contribution in [1.29, 1.82) is 0 Å². The number of methoxy groups -OCH3 is 1. The van der Waals surface area contributed by atoms with Crippen molar-refractivity contribution in [3.8, 4) is 11.4 Å². The molecule has 0 amide bonds. The van der Waals surface area contributed by atoms with Crippen molar-refractivity contribution >= 4 is 6.08 Å². The second kappa shape index (κ2) is 5.56. The quantitative estimate of drug-likeness (QED) is 0.869. The average molecular weight is 284 g/mol. The minimum Gasteiger partial charge on any atom is -0.496 e. The van der Waals surface area contributed by atoms with Crippen LogP contribution < -0.4 is 10.3 Å². The van der Waals surface area contributed by atoms with Crippen LogP contribution in [0, 0.1) is 0 Å². The van der Waals surface area contributed by atoms with Crippen LogP contribution in [0.3, 0.4) is 0 Å². The molecule has 21 heavy (non-hydrogen) atoms. The third-order valence-corrected chi connectivity index (χ3v) is 3.29. The predicted molar refractivity (Wildman–Crippen MR) is 85.2 cm³/mol. The van der Waals surface area contributed by atoms with E-state index in [0.29, 0.717) is 5.69 Å². The molecule has 0 saturated heterocycles. The van der Waals surface area contributed by atoms with Gasteiger partial charge in [0.1, 0.15) is 5.75 Å². The maximum absolute atomic E-state index is 12.0. The first-order valence-corrected chi connectivity index (χ1v) is 6.78. The van der Waals surface area contributed by atoms with E-state index in [-0.39, 0.29) is 11.0 Å². The summed E-state index contributed by atoms with van der Waals surface area (Å²) in [6, 6.07) is 6.92. The molecule has 0 saturated carbocycles. The highest BCUT2D eigenvalue weighted by Gasteiger charge is 2.22. The molecule has 0 radical (unpaired) electrons. The van der Waals surface area contributed by atoms with E-state index < -0.39 is 0 Å². The van der Waals surface area contributed by atoms with E-state index in [9.17, 15) is 4.79 Å². The molecule has 4 heteroatoms. The van der Waals surface area contributed by atoms with Crippen LogP contribution in [0.4, 0.5) is 0 Å². The lowest BCUT2D eigenvalue weighted by atomic mass is 9.84. The monoisotopic (exact) mass is 284 g/mol. The summed E-state index contributed by atoms with van der Waals surface area (Å²) in [6.45, 7) is 10.1. The molecule has 2 rings (SSSR count). The molecule has 0 aliphatic heterocycles. The van der Waals surface area contributed by atoms with Gasteiger partial charge in [-0.25, -0.2) is 0 Å². The van der Waals surface area contributed by atoms with Crippen molar-refractivity contribution in [3.05, 3.63) is 58.5 Å². The predicted octanol–water partition coefficient (Wildman–Crippen LogP) is 3.18. The van der Waals surface area contributed by atoms with Crippen LogP contribution in [0.25, 0.3) is 11.8 Å². The molecule has 0 spiro atoms. The highest BCUT2D eigenvalue weighted by atomic mass is 16.5. The zero-order valence-electron chi connectivity index (χ0n) is 12.9. The lowest BCUT2D eigenvalue weighted by Crippen LogP contribution is -2.21. The molecule has 1 heterocycles. The van der Waals surface area contributed by atoms with Gasteiger partial charge in [-0.3, -0.25) is 4.79 Å². The summed E-state index contributed by atoms with van der Waals surface area (Å²) >= 11 is 0. The molecule has 0 aliphatic carbocycles. The van der Waals surface area contributed by atoms with Gasteiger partial charge in [-0.05, 0) is 23.6 Å². The summed E-state index contributed by atoms with van der Waals surface area (Å²) in [6.07, 6.45) is 3.32. The molecule has 4 nitrogen and oxygen atoms in total. The van der Waals surface area contributed by atoms with E-state index >= 15 is 0 Å². The molecule has 1 aromatic carbocycles. The van der Waals surface area contributed by atoms with Crippen molar-refractivity contribution in [1.82, 2.24) is 9.78 Å². The van der Waals surface area contributed by atoms with Gasteiger partial charge < -0.3 is 4.74 Å². The maximum Gasteiger partial charge on any atom is 0.271 e. The number of rotatable bonds is 3. The van der Waals surface area contributed by atoms with Crippen LogP contribution in [0.5, 0.6) is 5.75 Å². The van der Waals surface area contributed by atoms with Crippen LogP contribution in [0.15, 0.2) is 41.8 Å². The van der Waals surface area contributed by atoms with Gasteiger partial charge in [-0.1, -0.05) is 33.4 Å². The second-order valence-electron chi connectivity index (χ2n) is 5.84. The van der Waals surface area contributed by atoms with Gasteiger partial charge in [0.05, 0.1) is 12.8 Å². The topological polar surface area (TPSA) is 44.1 Å².